The lowest BCUT2D eigenvalue weighted by Crippen LogP contribution is -2.13. The maximum atomic E-state index is 12.0. The zero-order chi connectivity index (χ0) is 17.2. The quantitative estimate of drug-likeness (QED) is 0.499. The third kappa shape index (κ3) is 2.51. The Morgan fingerprint density at radius 1 is 0.840 bits per heavy atom. The minimum absolute atomic E-state index is 0.293. The molecule has 0 spiro atoms. The largest absolute Gasteiger partial charge is 0.366 e. The molecule has 0 bridgehead atoms. The summed E-state index contributed by atoms with van der Waals surface area (Å²) in [7, 11) is 0. The summed E-state index contributed by atoms with van der Waals surface area (Å²) in [6.07, 6.45) is 0. The highest BCUT2D eigenvalue weighted by Crippen LogP contribution is 2.39. The Balaban J connectivity index is 2.12. The van der Waals surface area contributed by atoms with Crippen LogP contribution in [0.1, 0.15) is 10.4 Å². The fourth-order valence-electron chi connectivity index (χ4n) is 2.67. The molecule has 10 nitrogen and oxygen atoms in total. The zero-order valence-corrected chi connectivity index (χ0v) is 12.7. The standard InChI is InChI=1S/C15H11N9O/c16-13(25)9-6-7-10(14-17-21-22-18-14)12(15-19-23-24-20-15)11(9)8-4-2-1-3-5-8/h1-7H,(H2,16,25)(H,17,18,21,22)(H,19,20,23,24). The van der Waals surface area contributed by atoms with Crippen LogP contribution in [0.4, 0.5) is 0 Å². The second kappa shape index (κ2) is 5.92. The van der Waals surface area contributed by atoms with Crippen molar-refractivity contribution < 1.29 is 4.79 Å². The van der Waals surface area contributed by atoms with E-state index >= 15 is 0 Å². The first-order chi connectivity index (χ1) is 12.3. The van der Waals surface area contributed by atoms with Gasteiger partial charge in [0.05, 0.1) is 0 Å². The number of nitrogens with zero attached hydrogens (tertiary/aromatic N) is 6. The number of rotatable bonds is 4. The maximum absolute atomic E-state index is 12.0. The Labute approximate surface area is 140 Å². The van der Waals surface area contributed by atoms with E-state index in [0.29, 0.717) is 33.9 Å². The van der Waals surface area contributed by atoms with Crippen LogP contribution in [0, 0.1) is 0 Å². The summed E-state index contributed by atoms with van der Waals surface area (Å²) in [6.45, 7) is 0. The molecule has 0 unspecified atom stereocenters. The number of primary amides is 1. The summed E-state index contributed by atoms with van der Waals surface area (Å²) in [4.78, 5) is 12.0. The predicted molar refractivity (Wildman–Crippen MR) is 86.7 cm³/mol. The fraction of sp³-hybridized carbons (Fsp3) is 0. The molecular formula is C15H11N9O. The van der Waals surface area contributed by atoms with Crippen molar-refractivity contribution in [3.63, 3.8) is 0 Å². The number of amides is 1. The average Bonchev–Trinajstić information content (AvgIpc) is 3.35. The van der Waals surface area contributed by atoms with Crippen LogP contribution in [0.25, 0.3) is 33.9 Å². The number of aromatic amines is 2. The molecule has 0 aliphatic carbocycles. The molecule has 0 fully saturated rings. The van der Waals surface area contributed by atoms with Gasteiger partial charge in [0, 0.05) is 22.3 Å². The molecule has 0 saturated carbocycles. The van der Waals surface area contributed by atoms with Gasteiger partial charge in [-0.05, 0) is 28.1 Å². The fourth-order valence-corrected chi connectivity index (χ4v) is 2.67. The van der Waals surface area contributed by atoms with Gasteiger partial charge in [-0.2, -0.15) is 10.4 Å². The summed E-state index contributed by atoms with van der Waals surface area (Å²) < 4.78 is 0. The molecule has 0 saturated heterocycles. The Morgan fingerprint density at radius 2 is 1.52 bits per heavy atom. The van der Waals surface area contributed by atoms with Crippen LogP contribution in [0.2, 0.25) is 0 Å². The van der Waals surface area contributed by atoms with E-state index in [1.165, 1.54) is 0 Å². The monoisotopic (exact) mass is 333 g/mol. The Hall–Kier alpha value is -3.95. The van der Waals surface area contributed by atoms with Crippen molar-refractivity contribution in [3.05, 3.63) is 48.0 Å². The summed E-state index contributed by atoms with van der Waals surface area (Å²) in [5.41, 5.74) is 8.42. The van der Waals surface area contributed by atoms with Crippen LogP contribution < -0.4 is 5.73 Å². The van der Waals surface area contributed by atoms with Crippen molar-refractivity contribution in [2.75, 3.05) is 0 Å². The van der Waals surface area contributed by atoms with Gasteiger partial charge in [-0.1, -0.05) is 30.3 Å². The van der Waals surface area contributed by atoms with Crippen molar-refractivity contribution in [2.24, 2.45) is 5.73 Å². The van der Waals surface area contributed by atoms with E-state index < -0.39 is 5.91 Å². The van der Waals surface area contributed by atoms with Gasteiger partial charge in [0.15, 0.2) is 0 Å². The van der Waals surface area contributed by atoms with Gasteiger partial charge in [-0.3, -0.25) is 4.79 Å². The number of tetrazole rings is 2. The van der Waals surface area contributed by atoms with Gasteiger partial charge >= 0.3 is 0 Å². The maximum Gasteiger partial charge on any atom is 0.249 e. The van der Waals surface area contributed by atoms with E-state index in [9.17, 15) is 4.79 Å². The lowest BCUT2D eigenvalue weighted by Gasteiger charge is -2.14. The van der Waals surface area contributed by atoms with E-state index in [4.69, 9.17) is 5.73 Å². The Kier molecular flexibility index (Phi) is 3.47. The highest BCUT2D eigenvalue weighted by molar-refractivity contribution is 6.06. The first kappa shape index (κ1) is 14.6. The minimum atomic E-state index is -0.566. The summed E-state index contributed by atoms with van der Waals surface area (Å²) in [5, 5.41) is 28.2. The third-order valence-electron chi connectivity index (χ3n) is 3.69. The Morgan fingerprint density at radius 3 is 2.12 bits per heavy atom. The number of carbonyl (C=O) groups is 1. The number of nitrogens with one attached hydrogen (secondary N) is 2. The van der Waals surface area contributed by atoms with E-state index in [2.05, 4.69) is 41.2 Å². The minimum Gasteiger partial charge on any atom is -0.366 e. The topological polar surface area (TPSA) is 152 Å². The molecule has 2 heterocycles. The lowest BCUT2D eigenvalue weighted by molar-refractivity contribution is 0.100. The number of H-pyrrole nitrogens is 2. The van der Waals surface area contributed by atoms with Crippen molar-refractivity contribution >= 4 is 5.91 Å². The van der Waals surface area contributed by atoms with E-state index in [1.807, 2.05) is 30.3 Å². The normalized spacial score (nSPS) is 10.7. The number of nitrogens with two attached hydrogens (primary N) is 1. The third-order valence-corrected chi connectivity index (χ3v) is 3.69. The van der Waals surface area contributed by atoms with Gasteiger partial charge < -0.3 is 5.73 Å². The van der Waals surface area contributed by atoms with Crippen LogP contribution in [0.3, 0.4) is 0 Å². The second-order valence-corrected chi connectivity index (χ2v) is 5.11. The molecule has 10 heteroatoms. The lowest BCUT2D eigenvalue weighted by atomic mass is 9.89. The highest BCUT2D eigenvalue weighted by atomic mass is 16.1. The number of benzene rings is 2. The summed E-state index contributed by atoms with van der Waals surface area (Å²) >= 11 is 0. The molecule has 122 valence electrons. The van der Waals surface area contributed by atoms with Crippen LogP contribution in [-0.4, -0.2) is 47.2 Å². The van der Waals surface area contributed by atoms with Gasteiger partial charge in [-0.15, -0.1) is 20.4 Å². The predicted octanol–water partition coefficient (Wildman–Crippen LogP) is 0.813. The number of hydrogen-bond acceptors (Lipinski definition) is 7. The van der Waals surface area contributed by atoms with Crippen LogP contribution in [0.15, 0.2) is 42.5 Å². The molecule has 1 amide bonds. The highest BCUT2D eigenvalue weighted by Gasteiger charge is 2.24. The van der Waals surface area contributed by atoms with E-state index in [-0.39, 0.29) is 0 Å². The Bertz CT molecular complexity index is 1010. The van der Waals surface area contributed by atoms with Crippen molar-refractivity contribution in [2.45, 2.75) is 0 Å². The molecule has 4 aromatic rings. The molecule has 0 aliphatic heterocycles. The number of hydrogen-bond donors (Lipinski definition) is 3. The van der Waals surface area contributed by atoms with Crippen LogP contribution in [-0.2, 0) is 0 Å². The molecule has 0 aliphatic rings. The number of aromatic nitrogens is 8. The molecule has 2 aromatic carbocycles. The van der Waals surface area contributed by atoms with Crippen molar-refractivity contribution in [1.29, 1.82) is 0 Å². The molecule has 0 atom stereocenters. The molecule has 2 aromatic heterocycles. The van der Waals surface area contributed by atoms with E-state index in [0.717, 1.165) is 5.56 Å². The van der Waals surface area contributed by atoms with Crippen LogP contribution in [0.5, 0.6) is 0 Å². The average molecular weight is 333 g/mol. The van der Waals surface area contributed by atoms with Gasteiger partial charge in [0.25, 0.3) is 0 Å². The SMILES string of the molecule is NC(=O)c1ccc(-c2nn[nH]n2)c(-c2nn[nH]n2)c1-c1ccccc1. The molecule has 0 radical (unpaired) electrons. The zero-order valence-electron chi connectivity index (χ0n) is 12.7. The molecule has 25 heavy (non-hydrogen) atoms. The van der Waals surface area contributed by atoms with Crippen molar-refractivity contribution in [3.8, 4) is 33.9 Å². The van der Waals surface area contributed by atoms with Crippen LogP contribution >= 0.6 is 0 Å². The first-order valence-corrected chi connectivity index (χ1v) is 7.25. The van der Waals surface area contributed by atoms with Crippen molar-refractivity contribution in [1.82, 2.24) is 41.2 Å². The smallest absolute Gasteiger partial charge is 0.249 e. The molecule has 4 rings (SSSR count). The van der Waals surface area contributed by atoms with E-state index in [1.54, 1.807) is 12.1 Å². The summed E-state index contributed by atoms with van der Waals surface area (Å²) in [6, 6.07) is 12.6. The molecular weight excluding hydrogens is 322 g/mol. The first-order valence-electron chi connectivity index (χ1n) is 7.25. The second-order valence-electron chi connectivity index (χ2n) is 5.11. The van der Waals surface area contributed by atoms with Gasteiger partial charge in [-0.25, -0.2) is 0 Å². The molecule has 4 N–H and O–H groups in total. The number of carbonyl (C=O) groups excluding carboxylic acids is 1. The van der Waals surface area contributed by atoms with Gasteiger partial charge in [0.2, 0.25) is 17.6 Å². The van der Waals surface area contributed by atoms with Gasteiger partial charge in [0.1, 0.15) is 0 Å². The summed E-state index contributed by atoms with van der Waals surface area (Å²) in [5.74, 6) is 0.0676.